The summed E-state index contributed by atoms with van der Waals surface area (Å²) in [4.78, 5) is 43.3. The van der Waals surface area contributed by atoms with E-state index in [1.165, 1.54) is 12.4 Å². The van der Waals surface area contributed by atoms with Crippen molar-refractivity contribution in [3.8, 4) is 11.9 Å². The number of nitrogens with one attached hydrogen (secondary N) is 1. The summed E-state index contributed by atoms with van der Waals surface area (Å²) in [6, 6.07) is 2.36. The molecule has 11 nitrogen and oxygen atoms in total. The summed E-state index contributed by atoms with van der Waals surface area (Å²) in [5, 5.41) is 14.5. The molecule has 3 heterocycles. The fraction of sp³-hybridized carbons (Fsp3) is 0.333. The van der Waals surface area contributed by atoms with E-state index in [0.29, 0.717) is 43.1 Å². The van der Waals surface area contributed by atoms with Gasteiger partial charge in [-0.3, -0.25) is 14.9 Å². The first kappa shape index (κ1) is 27.8. The number of alkyl carbamates (subject to hydrolysis) is 1. The van der Waals surface area contributed by atoms with Gasteiger partial charge in [0.25, 0.3) is 11.5 Å². The highest BCUT2D eigenvalue weighted by Gasteiger charge is 2.32. The average Bonchev–Trinajstić information content (AvgIpc) is 2.84. The number of carbonyl (C=O) groups is 2. The number of amides is 2. The van der Waals surface area contributed by atoms with E-state index < -0.39 is 34.3 Å². The molecule has 2 amide bonds. The summed E-state index contributed by atoms with van der Waals surface area (Å²) in [7, 11) is 0. The SMILES string of the molecule is CCOC(=O)NC(=O)/C(C#N)=C/N1CCN(c2cnn(-c3ncc(C(F)(F)F)cc3Cl)c(=O)c2Cl)CC1. The molecule has 16 heteroatoms. The Hall–Kier alpha value is -3.83. The molecule has 1 aliphatic rings. The second-order valence-corrected chi connectivity index (χ2v) is 8.23. The van der Waals surface area contributed by atoms with Gasteiger partial charge in [0.15, 0.2) is 5.82 Å². The number of nitriles is 1. The van der Waals surface area contributed by atoms with Crippen LogP contribution in [-0.4, -0.2) is 64.5 Å². The largest absolute Gasteiger partial charge is 0.450 e. The van der Waals surface area contributed by atoms with Crippen LogP contribution in [0.25, 0.3) is 5.82 Å². The third kappa shape index (κ3) is 6.49. The van der Waals surface area contributed by atoms with Crippen LogP contribution in [0.15, 0.2) is 35.0 Å². The van der Waals surface area contributed by atoms with Crippen LogP contribution in [0.1, 0.15) is 12.5 Å². The van der Waals surface area contributed by atoms with Gasteiger partial charge in [-0.05, 0) is 13.0 Å². The Morgan fingerprint density at radius 3 is 2.49 bits per heavy atom. The van der Waals surface area contributed by atoms with Crippen LogP contribution in [0, 0.1) is 11.3 Å². The number of rotatable bonds is 5. The van der Waals surface area contributed by atoms with Crippen molar-refractivity contribution in [3.63, 3.8) is 0 Å². The number of aromatic nitrogens is 3. The Balaban J connectivity index is 1.74. The minimum atomic E-state index is -4.66. The number of ether oxygens (including phenoxy) is 1. The molecule has 0 aliphatic carbocycles. The molecule has 1 saturated heterocycles. The monoisotopic (exact) mass is 559 g/mol. The minimum Gasteiger partial charge on any atom is -0.450 e. The Morgan fingerprint density at radius 1 is 1.24 bits per heavy atom. The molecule has 1 fully saturated rings. The molecule has 1 aliphatic heterocycles. The number of hydrogen-bond acceptors (Lipinski definition) is 9. The van der Waals surface area contributed by atoms with Crippen molar-refractivity contribution in [2.24, 2.45) is 0 Å². The lowest BCUT2D eigenvalue weighted by Crippen LogP contribution is -2.45. The average molecular weight is 560 g/mol. The standard InChI is InChI=1S/C21H18Cl2F3N7O4/c1-2-37-20(36)30-18(34)12(8-27)11-31-3-5-32(6-4-31)15-10-29-33(19(35)16(15)23)17-14(22)7-13(9-28-17)21(24,25)26/h7,9-11H,2-6H2,1H3,(H,30,34,36)/b12-11+. The highest BCUT2D eigenvalue weighted by atomic mass is 35.5. The molecular formula is C21H18Cl2F3N7O4. The lowest BCUT2D eigenvalue weighted by atomic mass is 10.2. The lowest BCUT2D eigenvalue weighted by Gasteiger charge is -2.35. The Kier molecular flexibility index (Phi) is 8.61. The van der Waals surface area contributed by atoms with Crippen molar-refractivity contribution in [2.45, 2.75) is 13.1 Å². The van der Waals surface area contributed by atoms with Gasteiger partial charge in [-0.2, -0.15) is 28.2 Å². The molecule has 0 unspecified atom stereocenters. The number of nitrogens with zero attached hydrogens (tertiary/aromatic N) is 6. The van der Waals surface area contributed by atoms with Crippen molar-refractivity contribution in [1.82, 2.24) is 25.0 Å². The van der Waals surface area contributed by atoms with Crippen molar-refractivity contribution < 1.29 is 27.5 Å². The van der Waals surface area contributed by atoms with Crippen molar-refractivity contribution in [3.05, 3.63) is 56.2 Å². The molecule has 0 spiro atoms. The van der Waals surface area contributed by atoms with Gasteiger partial charge in [0.1, 0.15) is 16.7 Å². The van der Waals surface area contributed by atoms with Crippen molar-refractivity contribution in [2.75, 3.05) is 37.7 Å². The first-order chi connectivity index (χ1) is 17.5. The summed E-state index contributed by atoms with van der Waals surface area (Å²) in [5.41, 5.74) is -1.94. The first-order valence-electron chi connectivity index (χ1n) is 10.6. The molecule has 2 aromatic heterocycles. The fourth-order valence-electron chi connectivity index (χ4n) is 3.28. The number of hydrogen-bond donors (Lipinski definition) is 1. The molecule has 0 bridgehead atoms. The lowest BCUT2D eigenvalue weighted by molar-refractivity contribution is -0.137. The molecule has 2 aromatic rings. The van der Waals surface area contributed by atoms with Crippen LogP contribution in [0.2, 0.25) is 10.0 Å². The number of pyridine rings is 1. The zero-order valence-corrected chi connectivity index (χ0v) is 20.6. The molecule has 0 aromatic carbocycles. The summed E-state index contributed by atoms with van der Waals surface area (Å²) < 4.78 is 43.9. The maximum atomic E-state index is 12.9. The van der Waals surface area contributed by atoms with Crippen LogP contribution in [0.3, 0.4) is 0 Å². The molecular weight excluding hydrogens is 542 g/mol. The normalized spacial score (nSPS) is 14.2. The minimum absolute atomic E-state index is 0.0581. The van der Waals surface area contributed by atoms with Gasteiger partial charge < -0.3 is 14.5 Å². The van der Waals surface area contributed by atoms with Gasteiger partial charge >= 0.3 is 12.3 Å². The van der Waals surface area contributed by atoms with Gasteiger partial charge in [0.2, 0.25) is 0 Å². The summed E-state index contributed by atoms with van der Waals surface area (Å²) in [6.07, 6.45) is -2.53. The van der Waals surface area contributed by atoms with Gasteiger partial charge in [-0.1, -0.05) is 23.2 Å². The maximum absolute atomic E-state index is 12.9. The van der Waals surface area contributed by atoms with E-state index in [1.54, 1.807) is 22.8 Å². The Morgan fingerprint density at radius 2 is 1.92 bits per heavy atom. The summed E-state index contributed by atoms with van der Waals surface area (Å²) in [5.74, 6) is -1.22. The molecule has 37 heavy (non-hydrogen) atoms. The second kappa shape index (κ2) is 11.5. The predicted molar refractivity (Wildman–Crippen MR) is 125 cm³/mol. The summed E-state index contributed by atoms with van der Waals surface area (Å²) >= 11 is 12.2. The first-order valence-corrected chi connectivity index (χ1v) is 11.3. The number of piperazine rings is 1. The van der Waals surface area contributed by atoms with Crippen LogP contribution in [0.4, 0.5) is 23.7 Å². The van der Waals surface area contributed by atoms with Crippen LogP contribution < -0.4 is 15.8 Å². The molecule has 196 valence electrons. The van der Waals surface area contributed by atoms with Crippen molar-refractivity contribution >= 4 is 40.9 Å². The highest BCUT2D eigenvalue weighted by molar-refractivity contribution is 6.33. The van der Waals surface area contributed by atoms with Gasteiger partial charge in [-0.15, -0.1) is 0 Å². The van der Waals surface area contributed by atoms with E-state index in [-0.39, 0.29) is 28.7 Å². The smallest absolute Gasteiger partial charge is 0.417 e. The van der Waals surface area contributed by atoms with E-state index in [4.69, 9.17) is 23.2 Å². The van der Waals surface area contributed by atoms with Gasteiger partial charge in [0.05, 0.1) is 29.1 Å². The van der Waals surface area contributed by atoms with E-state index in [9.17, 15) is 32.8 Å². The fourth-order valence-corrected chi connectivity index (χ4v) is 3.77. The second-order valence-electron chi connectivity index (χ2n) is 7.44. The highest BCUT2D eigenvalue weighted by Crippen LogP contribution is 2.32. The molecule has 0 atom stereocenters. The zero-order valence-electron chi connectivity index (χ0n) is 19.1. The third-order valence-electron chi connectivity index (χ3n) is 5.07. The number of carbonyl (C=O) groups excluding carboxylic acids is 2. The van der Waals surface area contributed by atoms with Gasteiger partial charge in [-0.25, -0.2) is 9.78 Å². The number of anilines is 1. The maximum Gasteiger partial charge on any atom is 0.417 e. The number of halogens is 5. The third-order valence-corrected chi connectivity index (χ3v) is 5.71. The van der Waals surface area contributed by atoms with Crippen LogP contribution >= 0.6 is 23.2 Å². The van der Waals surface area contributed by atoms with Crippen molar-refractivity contribution in [1.29, 1.82) is 5.26 Å². The number of alkyl halides is 3. The molecule has 3 rings (SSSR count). The predicted octanol–water partition coefficient (Wildman–Crippen LogP) is 2.76. The Labute approximate surface area is 217 Å². The Bertz CT molecular complexity index is 1330. The summed E-state index contributed by atoms with van der Waals surface area (Å²) in [6.45, 7) is 2.91. The van der Waals surface area contributed by atoms with E-state index in [2.05, 4.69) is 14.8 Å². The number of imide groups is 1. The van der Waals surface area contributed by atoms with E-state index in [1.807, 2.05) is 5.32 Å². The van der Waals surface area contributed by atoms with Crippen LogP contribution in [-0.2, 0) is 15.7 Å². The molecule has 0 saturated carbocycles. The van der Waals surface area contributed by atoms with E-state index in [0.717, 1.165) is 0 Å². The quantitative estimate of drug-likeness (QED) is 0.433. The zero-order chi connectivity index (χ0) is 27.3. The molecule has 0 radical (unpaired) electrons. The van der Waals surface area contributed by atoms with Gasteiger partial charge in [0, 0.05) is 38.6 Å². The van der Waals surface area contributed by atoms with Crippen LogP contribution in [0.5, 0.6) is 0 Å². The topological polar surface area (TPSA) is 133 Å². The molecule has 1 N–H and O–H groups in total. The van der Waals surface area contributed by atoms with E-state index >= 15 is 0 Å².